The summed E-state index contributed by atoms with van der Waals surface area (Å²) in [5.74, 6) is 2.30. The summed E-state index contributed by atoms with van der Waals surface area (Å²) in [7, 11) is 1.62. The largest absolute Gasteiger partial charge is 0.486 e. The van der Waals surface area contributed by atoms with Gasteiger partial charge in [0.15, 0.2) is 11.5 Å². The summed E-state index contributed by atoms with van der Waals surface area (Å²) in [6.07, 6.45) is 1.75. The van der Waals surface area contributed by atoms with Crippen LogP contribution in [0.25, 0.3) is 0 Å². The van der Waals surface area contributed by atoms with Crippen molar-refractivity contribution in [1.29, 1.82) is 0 Å². The number of aromatic nitrogens is 1. The Morgan fingerprint density at radius 3 is 3.00 bits per heavy atom. The Morgan fingerprint density at radius 2 is 2.10 bits per heavy atom. The van der Waals surface area contributed by atoms with E-state index in [9.17, 15) is 0 Å². The minimum atomic E-state index is 0.603. The molecule has 0 unspecified atom stereocenters. The quantitative estimate of drug-likeness (QED) is 0.912. The number of nitrogens with one attached hydrogen (secondary N) is 1. The first-order valence-corrected chi connectivity index (χ1v) is 6.94. The van der Waals surface area contributed by atoms with Crippen LogP contribution in [-0.2, 0) is 13.1 Å². The number of rotatable bonds is 5. The zero-order valence-electron chi connectivity index (χ0n) is 12.0. The first kappa shape index (κ1) is 13.7. The summed E-state index contributed by atoms with van der Waals surface area (Å²) < 4.78 is 16.4. The fraction of sp³-hybridized carbons (Fsp3) is 0.312. The van der Waals surface area contributed by atoms with Gasteiger partial charge < -0.3 is 19.5 Å². The maximum Gasteiger partial charge on any atom is 0.213 e. The monoisotopic (exact) mass is 286 g/mol. The van der Waals surface area contributed by atoms with Gasteiger partial charge in [-0.25, -0.2) is 4.98 Å². The van der Waals surface area contributed by atoms with E-state index in [2.05, 4.69) is 10.3 Å². The molecule has 0 spiro atoms. The van der Waals surface area contributed by atoms with E-state index in [1.54, 1.807) is 13.3 Å². The van der Waals surface area contributed by atoms with Crippen molar-refractivity contribution in [2.24, 2.45) is 0 Å². The van der Waals surface area contributed by atoms with E-state index < -0.39 is 0 Å². The highest BCUT2D eigenvalue weighted by atomic mass is 16.6. The molecule has 21 heavy (non-hydrogen) atoms. The smallest absolute Gasteiger partial charge is 0.213 e. The van der Waals surface area contributed by atoms with Gasteiger partial charge in [0.25, 0.3) is 0 Å². The fourth-order valence-corrected chi connectivity index (χ4v) is 2.29. The van der Waals surface area contributed by atoms with E-state index in [1.165, 1.54) is 0 Å². The minimum Gasteiger partial charge on any atom is -0.486 e. The molecule has 0 radical (unpaired) electrons. The Bertz CT molecular complexity index is 616. The van der Waals surface area contributed by atoms with Crippen molar-refractivity contribution in [3.8, 4) is 17.4 Å². The van der Waals surface area contributed by atoms with Crippen molar-refractivity contribution in [3.05, 3.63) is 47.7 Å². The van der Waals surface area contributed by atoms with Crippen molar-refractivity contribution < 1.29 is 14.2 Å². The van der Waals surface area contributed by atoms with E-state index in [0.717, 1.165) is 35.7 Å². The van der Waals surface area contributed by atoms with Crippen LogP contribution in [-0.4, -0.2) is 25.3 Å². The lowest BCUT2D eigenvalue weighted by Crippen LogP contribution is -2.19. The molecule has 110 valence electrons. The van der Waals surface area contributed by atoms with Crippen LogP contribution < -0.4 is 19.5 Å². The molecule has 2 aromatic rings. The molecule has 1 N–H and O–H groups in total. The van der Waals surface area contributed by atoms with Gasteiger partial charge in [0.2, 0.25) is 5.88 Å². The van der Waals surface area contributed by atoms with Crippen molar-refractivity contribution in [2.45, 2.75) is 13.1 Å². The maximum atomic E-state index is 5.70. The maximum absolute atomic E-state index is 5.70. The number of fused-ring (bicyclic) bond motifs is 1. The van der Waals surface area contributed by atoms with Gasteiger partial charge in [0.1, 0.15) is 13.2 Å². The zero-order chi connectivity index (χ0) is 14.5. The Kier molecular flexibility index (Phi) is 4.21. The van der Waals surface area contributed by atoms with Gasteiger partial charge in [0, 0.05) is 30.9 Å². The Morgan fingerprint density at radius 1 is 1.19 bits per heavy atom. The van der Waals surface area contributed by atoms with Gasteiger partial charge in [-0.2, -0.15) is 0 Å². The Balaban J connectivity index is 1.63. The topological polar surface area (TPSA) is 52.6 Å². The minimum absolute atomic E-state index is 0.603. The van der Waals surface area contributed by atoms with E-state index in [4.69, 9.17) is 14.2 Å². The molecule has 0 amide bonds. The highest BCUT2D eigenvalue weighted by Gasteiger charge is 2.14. The molecule has 1 aromatic carbocycles. The number of pyridine rings is 1. The molecule has 5 nitrogen and oxygen atoms in total. The number of hydrogen-bond donors (Lipinski definition) is 1. The predicted octanol–water partition coefficient (Wildman–Crippen LogP) is 2.15. The summed E-state index contributed by atoms with van der Waals surface area (Å²) >= 11 is 0. The van der Waals surface area contributed by atoms with E-state index in [-0.39, 0.29) is 0 Å². The second-order valence-electron chi connectivity index (χ2n) is 4.75. The molecule has 2 heterocycles. The molecule has 0 bridgehead atoms. The number of ether oxygens (including phenoxy) is 3. The van der Waals surface area contributed by atoms with Gasteiger partial charge in [-0.05, 0) is 17.7 Å². The van der Waals surface area contributed by atoms with Crippen molar-refractivity contribution in [2.75, 3.05) is 20.3 Å². The first-order chi connectivity index (χ1) is 10.4. The van der Waals surface area contributed by atoms with Gasteiger partial charge in [-0.3, -0.25) is 0 Å². The molecule has 1 aromatic heterocycles. The normalized spacial score (nSPS) is 13.0. The predicted molar refractivity (Wildman–Crippen MR) is 78.8 cm³/mol. The molecule has 0 fully saturated rings. The van der Waals surface area contributed by atoms with Crippen LogP contribution >= 0.6 is 0 Å². The molecule has 5 heteroatoms. The second kappa shape index (κ2) is 6.45. The lowest BCUT2D eigenvalue weighted by Gasteiger charge is -2.21. The van der Waals surface area contributed by atoms with Gasteiger partial charge in [0.05, 0.1) is 7.11 Å². The molecular weight excluding hydrogens is 268 g/mol. The Labute approximate surface area is 123 Å². The van der Waals surface area contributed by atoms with Gasteiger partial charge in [-0.15, -0.1) is 0 Å². The second-order valence-corrected chi connectivity index (χ2v) is 4.75. The number of nitrogens with zero attached hydrogens (tertiary/aromatic N) is 1. The molecule has 3 rings (SSSR count). The SMILES string of the molecule is COc1cc(CNCc2cccc3c2OCCO3)ccn1. The summed E-state index contributed by atoms with van der Waals surface area (Å²) in [5, 5.41) is 3.40. The molecule has 0 atom stereocenters. The van der Waals surface area contributed by atoms with Crippen LogP contribution in [0.3, 0.4) is 0 Å². The molecule has 0 aliphatic carbocycles. The average Bonchev–Trinajstić information content (AvgIpc) is 2.55. The van der Waals surface area contributed by atoms with Crippen LogP contribution in [0, 0.1) is 0 Å². The standard InChI is InChI=1S/C16H18N2O3/c1-19-15-9-12(5-6-18-15)10-17-11-13-3-2-4-14-16(13)21-8-7-20-14/h2-6,9,17H,7-8,10-11H2,1H3. The lowest BCUT2D eigenvalue weighted by molar-refractivity contribution is 0.169. The molecule has 0 saturated carbocycles. The van der Waals surface area contributed by atoms with Gasteiger partial charge in [-0.1, -0.05) is 12.1 Å². The highest BCUT2D eigenvalue weighted by Crippen LogP contribution is 2.33. The fourth-order valence-electron chi connectivity index (χ4n) is 2.29. The third kappa shape index (κ3) is 3.25. The highest BCUT2D eigenvalue weighted by molar-refractivity contribution is 5.47. The van der Waals surface area contributed by atoms with Crippen molar-refractivity contribution in [3.63, 3.8) is 0 Å². The van der Waals surface area contributed by atoms with Crippen LogP contribution in [0.2, 0.25) is 0 Å². The molecule has 1 aliphatic heterocycles. The summed E-state index contributed by atoms with van der Waals surface area (Å²) in [4.78, 5) is 4.10. The average molecular weight is 286 g/mol. The van der Waals surface area contributed by atoms with Crippen molar-refractivity contribution in [1.82, 2.24) is 10.3 Å². The Hall–Kier alpha value is -2.27. The zero-order valence-corrected chi connectivity index (χ0v) is 12.0. The number of methoxy groups -OCH3 is 1. The number of benzene rings is 1. The van der Waals surface area contributed by atoms with Gasteiger partial charge >= 0.3 is 0 Å². The molecule has 1 aliphatic rings. The van der Waals surface area contributed by atoms with Crippen molar-refractivity contribution >= 4 is 0 Å². The first-order valence-electron chi connectivity index (χ1n) is 6.94. The van der Waals surface area contributed by atoms with Crippen LogP contribution in [0.4, 0.5) is 0 Å². The van der Waals surface area contributed by atoms with Crippen LogP contribution in [0.1, 0.15) is 11.1 Å². The van der Waals surface area contributed by atoms with E-state index in [0.29, 0.717) is 19.1 Å². The van der Waals surface area contributed by atoms with Crippen LogP contribution in [0.15, 0.2) is 36.5 Å². The third-order valence-corrected chi connectivity index (χ3v) is 3.30. The third-order valence-electron chi connectivity index (χ3n) is 3.30. The van der Waals surface area contributed by atoms with Crippen LogP contribution in [0.5, 0.6) is 17.4 Å². The number of hydrogen-bond acceptors (Lipinski definition) is 5. The summed E-state index contributed by atoms with van der Waals surface area (Å²) in [6, 6.07) is 9.86. The molecular formula is C16H18N2O3. The summed E-state index contributed by atoms with van der Waals surface area (Å²) in [5.41, 5.74) is 2.23. The van der Waals surface area contributed by atoms with E-state index in [1.807, 2.05) is 30.3 Å². The molecule has 0 saturated heterocycles. The van der Waals surface area contributed by atoms with E-state index >= 15 is 0 Å². The lowest BCUT2D eigenvalue weighted by atomic mass is 10.1. The summed E-state index contributed by atoms with van der Waals surface area (Å²) in [6.45, 7) is 2.67. The number of para-hydroxylation sites is 1.